The molecule has 0 saturated carbocycles. The molecule has 0 fully saturated rings. The molecule has 2 N–H and O–H groups in total. The summed E-state index contributed by atoms with van der Waals surface area (Å²) in [6.45, 7) is 1.60. The van der Waals surface area contributed by atoms with Crippen molar-refractivity contribution in [1.29, 1.82) is 0 Å². The van der Waals surface area contributed by atoms with E-state index in [4.69, 9.17) is 16.7 Å². The summed E-state index contributed by atoms with van der Waals surface area (Å²) in [5.74, 6) is 0. The van der Waals surface area contributed by atoms with Gasteiger partial charge in [-0.15, -0.1) is 11.3 Å². The number of rotatable bonds is 4. The molecule has 0 aliphatic carbocycles. The Balaban J connectivity index is 2.32. The molecular weight excluding hydrogens is 386 g/mol. The van der Waals surface area contributed by atoms with Gasteiger partial charge in [0.05, 0.1) is 17.3 Å². The van der Waals surface area contributed by atoms with Crippen LogP contribution in [0.5, 0.6) is 0 Å². The fourth-order valence-corrected chi connectivity index (χ4v) is 4.54. The van der Waals surface area contributed by atoms with Gasteiger partial charge in [0, 0.05) is 9.35 Å². The summed E-state index contributed by atoms with van der Waals surface area (Å²) in [6.07, 6.45) is 0. The Morgan fingerprint density at radius 3 is 2.65 bits per heavy atom. The molecule has 8 heteroatoms. The number of benzene rings is 1. The quantitative estimate of drug-likeness (QED) is 0.827. The number of aliphatic hydroxyl groups excluding tert-OH is 1. The number of nitrogens with one attached hydrogen (secondary N) is 1. The van der Waals surface area contributed by atoms with Crippen LogP contribution < -0.4 is 4.72 Å². The number of sulfonamides is 1. The highest BCUT2D eigenvalue weighted by Gasteiger charge is 2.19. The van der Waals surface area contributed by atoms with E-state index in [1.165, 1.54) is 0 Å². The molecule has 2 aromatic rings. The summed E-state index contributed by atoms with van der Waals surface area (Å²) in [5, 5.41) is 9.63. The van der Waals surface area contributed by atoms with Crippen LogP contribution >= 0.6 is 38.9 Å². The highest BCUT2D eigenvalue weighted by molar-refractivity contribution is 9.10. The zero-order valence-corrected chi connectivity index (χ0v) is 14.3. The first-order valence-electron chi connectivity index (χ1n) is 5.51. The maximum absolute atomic E-state index is 12.2. The van der Waals surface area contributed by atoms with Gasteiger partial charge in [0.1, 0.15) is 4.21 Å². The lowest BCUT2D eigenvalue weighted by Crippen LogP contribution is -2.11. The molecule has 0 atom stereocenters. The Hall–Kier alpha value is -0.600. The smallest absolute Gasteiger partial charge is 0.271 e. The Kier molecular flexibility index (Phi) is 4.76. The van der Waals surface area contributed by atoms with Gasteiger partial charge in [-0.2, -0.15) is 0 Å². The summed E-state index contributed by atoms with van der Waals surface area (Å²) in [5.41, 5.74) is 1.17. The molecule has 108 valence electrons. The standard InChI is InChI=1S/C12H11BrClNO3S2/c1-7-4-12(19-11(7)6-16)20(17,18)15-8-2-3-10(14)9(13)5-8/h2-5,15-16H,6H2,1H3. The first kappa shape index (κ1) is 15.8. The lowest BCUT2D eigenvalue weighted by Gasteiger charge is -2.07. The van der Waals surface area contributed by atoms with E-state index in [1.807, 2.05) is 0 Å². The molecule has 0 bridgehead atoms. The minimum atomic E-state index is -3.66. The van der Waals surface area contributed by atoms with Crippen LogP contribution in [-0.4, -0.2) is 13.5 Å². The molecule has 0 saturated heterocycles. The Labute approximate surface area is 134 Å². The van der Waals surface area contributed by atoms with Gasteiger partial charge in [0.15, 0.2) is 0 Å². The zero-order valence-electron chi connectivity index (χ0n) is 10.4. The van der Waals surface area contributed by atoms with Gasteiger partial charge in [-0.3, -0.25) is 4.72 Å². The fraction of sp³-hybridized carbons (Fsp3) is 0.167. The van der Waals surface area contributed by atoms with Crippen LogP contribution in [0.4, 0.5) is 5.69 Å². The SMILES string of the molecule is Cc1cc(S(=O)(=O)Nc2ccc(Cl)c(Br)c2)sc1CO. The molecule has 1 aromatic carbocycles. The van der Waals surface area contributed by atoms with Crippen molar-refractivity contribution < 1.29 is 13.5 Å². The van der Waals surface area contributed by atoms with Gasteiger partial charge in [-0.25, -0.2) is 8.42 Å². The predicted octanol–water partition coefficient (Wildman–Crippen LogP) is 3.77. The molecular formula is C12H11BrClNO3S2. The molecule has 1 aromatic heterocycles. The molecule has 0 spiro atoms. The van der Waals surface area contributed by atoms with Crippen LogP contribution in [0.25, 0.3) is 0 Å². The van der Waals surface area contributed by atoms with Crippen LogP contribution in [-0.2, 0) is 16.6 Å². The molecule has 0 unspecified atom stereocenters. The van der Waals surface area contributed by atoms with Gasteiger partial charge in [-0.05, 0) is 52.7 Å². The molecule has 0 amide bonds. The molecule has 0 radical (unpaired) electrons. The third-order valence-corrected chi connectivity index (χ3v) is 6.87. The van der Waals surface area contributed by atoms with Crippen LogP contribution in [0.15, 0.2) is 32.9 Å². The summed E-state index contributed by atoms with van der Waals surface area (Å²) in [4.78, 5) is 0.641. The number of thiophene rings is 1. The maximum atomic E-state index is 12.2. The van der Waals surface area contributed by atoms with Crippen molar-refractivity contribution in [3.63, 3.8) is 0 Å². The van der Waals surface area contributed by atoms with Gasteiger partial charge < -0.3 is 5.11 Å². The van der Waals surface area contributed by atoms with Crippen molar-refractivity contribution in [3.8, 4) is 0 Å². The minimum absolute atomic E-state index is 0.168. The van der Waals surface area contributed by atoms with Crippen molar-refractivity contribution in [3.05, 3.63) is 44.2 Å². The van der Waals surface area contributed by atoms with Gasteiger partial charge in [0.2, 0.25) is 0 Å². The van der Waals surface area contributed by atoms with Gasteiger partial charge in [0.25, 0.3) is 10.0 Å². The van der Waals surface area contributed by atoms with Crippen LogP contribution in [0.1, 0.15) is 10.4 Å². The lowest BCUT2D eigenvalue weighted by atomic mass is 10.3. The Bertz CT molecular complexity index is 743. The third kappa shape index (κ3) is 3.35. The number of hydrogen-bond donors (Lipinski definition) is 2. The van der Waals surface area contributed by atoms with E-state index in [0.29, 0.717) is 20.1 Å². The van der Waals surface area contributed by atoms with Crippen molar-refractivity contribution in [2.75, 3.05) is 4.72 Å². The summed E-state index contributed by atoms with van der Waals surface area (Å²) >= 11 is 10.2. The second-order valence-corrected chi connectivity index (χ2v) is 8.37. The van der Waals surface area contributed by atoms with E-state index in [0.717, 1.165) is 16.9 Å². The van der Waals surface area contributed by atoms with E-state index in [1.54, 1.807) is 31.2 Å². The molecule has 4 nitrogen and oxygen atoms in total. The van der Waals surface area contributed by atoms with E-state index >= 15 is 0 Å². The predicted molar refractivity (Wildman–Crippen MR) is 84.9 cm³/mol. The van der Waals surface area contributed by atoms with Gasteiger partial charge >= 0.3 is 0 Å². The summed E-state index contributed by atoms with van der Waals surface area (Å²) in [6, 6.07) is 6.32. The average molecular weight is 397 g/mol. The molecule has 0 aliphatic heterocycles. The van der Waals surface area contributed by atoms with Crippen LogP contribution in [0, 0.1) is 6.92 Å². The molecule has 2 rings (SSSR count). The van der Waals surface area contributed by atoms with Crippen LogP contribution in [0.2, 0.25) is 5.02 Å². The number of hydrogen-bond acceptors (Lipinski definition) is 4. The van der Waals surface area contributed by atoms with Crippen molar-refractivity contribution in [1.82, 2.24) is 0 Å². The van der Waals surface area contributed by atoms with E-state index in [-0.39, 0.29) is 10.8 Å². The monoisotopic (exact) mass is 395 g/mol. The number of aliphatic hydroxyl groups is 1. The fourth-order valence-electron chi connectivity index (χ4n) is 1.54. The largest absolute Gasteiger partial charge is 0.391 e. The lowest BCUT2D eigenvalue weighted by molar-refractivity contribution is 0.285. The van der Waals surface area contributed by atoms with Gasteiger partial charge in [-0.1, -0.05) is 11.6 Å². The number of halogens is 2. The second-order valence-electron chi connectivity index (χ2n) is 4.06. The average Bonchev–Trinajstić information content (AvgIpc) is 2.76. The zero-order chi connectivity index (χ0) is 14.9. The number of anilines is 1. The Morgan fingerprint density at radius 1 is 1.40 bits per heavy atom. The number of aryl methyl sites for hydroxylation is 1. The second kappa shape index (κ2) is 6.03. The first-order valence-corrected chi connectivity index (χ1v) is 8.98. The van der Waals surface area contributed by atoms with Crippen molar-refractivity contribution >= 4 is 54.6 Å². The minimum Gasteiger partial charge on any atom is -0.391 e. The normalized spacial score (nSPS) is 11.6. The maximum Gasteiger partial charge on any atom is 0.271 e. The summed E-state index contributed by atoms with van der Waals surface area (Å²) in [7, 11) is -3.66. The first-order chi connectivity index (χ1) is 9.33. The van der Waals surface area contributed by atoms with E-state index in [2.05, 4.69) is 20.7 Å². The Morgan fingerprint density at radius 2 is 2.10 bits per heavy atom. The molecule has 20 heavy (non-hydrogen) atoms. The van der Waals surface area contributed by atoms with Crippen LogP contribution in [0.3, 0.4) is 0 Å². The highest BCUT2D eigenvalue weighted by Crippen LogP contribution is 2.30. The van der Waals surface area contributed by atoms with E-state index < -0.39 is 10.0 Å². The third-order valence-electron chi connectivity index (χ3n) is 2.58. The molecule has 0 aliphatic rings. The summed E-state index contributed by atoms with van der Waals surface area (Å²) < 4.78 is 27.8. The van der Waals surface area contributed by atoms with E-state index in [9.17, 15) is 8.42 Å². The molecule has 1 heterocycles. The highest BCUT2D eigenvalue weighted by atomic mass is 79.9. The van der Waals surface area contributed by atoms with Crippen molar-refractivity contribution in [2.24, 2.45) is 0 Å². The van der Waals surface area contributed by atoms with Crippen molar-refractivity contribution in [2.45, 2.75) is 17.7 Å². The topological polar surface area (TPSA) is 66.4 Å².